The third-order valence-electron chi connectivity index (χ3n) is 4.95. The van der Waals surface area contributed by atoms with Gasteiger partial charge in [-0.1, -0.05) is 5.21 Å². The van der Waals surface area contributed by atoms with Crippen LogP contribution in [0.25, 0.3) is 0 Å². The average Bonchev–Trinajstić information content (AvgIpc) is 2.88. The van der Waals surface area contributed by atoms with Crippen molar-refractivity contribution in [3.05, 3.63) is 5.82 Å². The van der Waals surface area contributed by atoms with E-state index in [0.717, 1.165) is 0 Å². The molecule has 1 atom stereocenters. The lowest BCUT2D eigenvalue weighted by molar-refractivity contribution is -0.180. The molecule has 0 aromatic carbocycles. The number of aromatic nitrogens is 4. The van der Waals surface area contributed by atoms with Crippen molar-refractivity contribution in [2.75, 3.05) is 6.54 Å². The molecule has 1 aromatic heterocycles. The van der Waals surface area contributed by atoms with Crippen LogP contribution in [0.2, 0.25) is 0 Å². The molecule has 3 heterocycles. The third-order valence-corrected chi connectivity index (χ3v) is 4.95. The molecule has 1 aromatic rings. The summed E-state index contributed by atoms with van der Waals surface area (Å²) >= 11 is 0. The van der Waals surface area contributed by atoms with Gasteiger partial charge in [-0.25, -0.2) is 0 Å². The van der Waals surface area contributed by atoms with E-state index in [2.05, 4.69) is 30.9 Å². The van der Waals surface area contributed by atoms with Gasteiger partial charge in [-0.2, -0.15) is 18.4 Å². The van der Waals surface area contributed by atoms with Gasteiger partial charge in [0.15, 0.2) is 5.82 Å². The molecule has 1 unspecified atom stereocenters. The number of alkyl halides is 3. The zero-order chi connectivity index (χ0) is 16.2. The summed E-state index contributed by atoms with van der Waals surface area (Å²) in [6.45, 7) is 0.329. The monoisotopic (exact) mass is 329 g/mol. The Kier molecular flexibility index (Phi) is 2.97. The molecule has 1 saturated carbocycles. The number of amides is 1. The van der Waals surface area contributed by atoms with Crippen LogP contribution >= 0.6 is 0 Å². The molecule has 124 valence electrons. The van der Waals surface area contributed by atoms with Crippen molar-refractivity contribution in [3.63, 3.8) is 0 Å². The van der Waals surface area contributed by atoms with Crippen molar-refractivity contribution < 1.29 is 18.0 Å². The Balaban J connectivity index is 1.43. The van der Waals surface area contributed by atoms with Crippen LogP contribution in [0.4, 0.5) is 13.2 Å². The van der Waals surface area contributed by atoms with Crippen molar-refractivity contribution in [2.45, 2.75) is 49.5 Å². The summed E-state index contributed by atoms with van der Waals surface area (Å²) in [5, 5.41) is 20.1. The van der Waals surface area contributed by atoms with Gasteiger partial charge in [0.2, 0.25) is 5.91 Å². The highest BCUT2D eigenvalue weighted by molar-refractivity contribution is 5.81. The molecule has 3 aliphatic rings. The molecule has 11 heteroatoms. The normalized spacial score (nSPS) is 32.0. The van der Waals surface area contributed by atoms with Crippen molar-refractivity contribution in [1.29, 1.82) is 0 Å². The van der Waals surface area contributed by atoms with Crippen LogP contribution in [0.3, 0.4) is 0 Å². The Morgan fingerprint density at radius 1 is 1.30 bits per heavy atom. The molecule has 1 aliphatic carbocycles. The summed E-state index contributed by atoms with van der Waals surface area (Å²) < 4.78 is 39.5. The summed E-state index contributed by atoms with van der Waals surface area (Å²) in [4.78, 5) is 13.9. The lowest BCUT2D eigenvalue weighted by atomic mass is 9.73. The number of rotatable bonds is 3. The first kappa shape index (κ1) is 14.5. The number of carbonyl (C=O) groups excluding carboxylic acids is 1. The second-order valence-electron chi connectivity index (χ2n) is 6.25. The molecule has 4 rings (SSSR count). The van der Waals surface area contributed by atoms with E-state index in [1.165, 1.54) is 4.90 Å². The largest absolute Gasteiger partial charge is 0.439 e. The predicted molar refractivity (Wildman–Crippen MR) is 68.0 cm³/mol. The number of nitrogens with zero attached hydrogens (tertiary/aromatic N) is 6. The van der Waals surface area contributed by atoms with E-state index in [1.807, 2.05) is 0 Å². The topological polar surface area (TPSA) is 99.5 Å². The first-order chi connectivity index (χ1) is 10.9. The van der Waals surface area contributed by atoms with E-state index < -0.39 is 17.9 Å². The van der Waals surface area contributed by atoms with E-state index in [-0.39, 0.29) is 24.2 Å². The summed E-state index contributed by atoms with van der Waals surface area (Å²) in [5.74, 6) is 0.0536. The molecule has 2 aliphatic heterocycles. The van der Waals surface area contributed by atoms with E-state index in [9.17, 15) is 18.0 Å². The van der Waals surface area contributed by atoms with Crippen LogP contribution < -0.4 is 0 Å². The molecule has 1 amide bonds. The Hall–Kier alpha value is -2.07. The Bertz CT molecular complexity index is 632. The molecule has 1 saturated heterocycles. The lowest BCUT2D eigenvalue weighted by Gasteiger charge is -2.38. The number of hydrogen-bond acceptors (Lipinski definition) is 6. The highest BCUT2D eigenvalue weighted by Gasteiger charge is 2.70. The fourth-order valence-corrected chi connectivity index (χ4v) is 3.55. The maximum atomic E-state index is 13.2. The van der Waals surface area contributed by atoms with Gasteiger partial charge >= 0.3 is 11.8 Å². The average molecular weight is 329 g/mol. The van der Waals surface area contributed by atoms with E-state index in [1.54, 1.807) is 0 Å². The summed E-state index contributed by atoms with van der Waals surface area (Å²) in [6, 6.07) is -1.00. The minimum atomic E-state index is -4.55. The highest BCUT2D eigenvalue weighted by Crippen LogP contribution is 2.52. The minimum absolute atomic E-state index is 0.0376. The third kappa shape index (κ3) is 2.12. The van der Waals surface area contributed by atoms with E-state index in [0.29, 0.717) is 31.6 Å². The Labute approximate surface area is 128 Å². The Morgan fingerprint density at radius 2 is 2.04 bits per heavy atom. The van der Waals surface area contributed by atoms with Crippen LogP contribution in [0.15, 0.2) is 10.2 Å². The second kappa shape index (κ2) is 4.71. The fraction of sp³-hybridized carbons (Fsp3) is 0.833. The first-order valence-corrected chi connectivity index (χ1v) is 7.47. The van der Waals surface area contributed by atoms with Gasteiger partial charge in [0.25, 0.3) is 0 Å². The fourth-order valence-electron chi connectivity index (χ4n) is 3.55. The number of H-pyrrole nitrogens is 1. The number of hydrogen-bond donors (Lipinski definition) is 1. The van der Waals surface area contributed by atoms with Gasteiger partial charge in [0, 0.05) is 18.4 Å². The van der Waals surface area contributed by atoms with Crippen molar-refractivity contribution in [2.24, 2.45) is 16.1 Å². The van der Waals surface area contributed by atoms with E-state index >= 15 is 0 Å². The first-order valence-electron chi connectivity index (χ1n) is 7.47. The zero-order valence-electron chi connectivity index (χ0n) is 12.0. The lowest BCUT2D eigenvalue weighted by Crippen LogP contribution is -2.54. The van der Waals surface area contributed by atoms with Gasteiger partial charge in [0.05, 0.1) is 6.04 Å². The maximum absolute atomic E-state index is 13.2. The van der Waals surface area contributed by atoms with Crippen molar-refractivity contribution in [3.8, 4) is 0 Å². The molecule has 2 fully saturated rings. The Morgan fingerprint density at radius 3 is 2.61 bits per heavy atom. The highest BCUT2D eigenvalue weighted by atomic mass is 19.4. The molecule has 1 N–H and O–H groups in total. The molecule has 0 radical (unpaired) electrons. The van der Waals surface area contributed by atoms with Gasteiger partial charge in [-0.3, -0.25) is 4.79 Å². The number of nitrogens with one attached hydrogen (secondary N) is 1. The number of aromatic amines is 1. The van der Waals surface area contributed by atoms with Gasteiger partial charge in [-0.15, -0.1) is 20.4 Å². The SMILES string of the molecule is O=C(C1CC(c2nn[nH]n2)C1)N1CCCC1C1(C(F)(F)F)N=N1. The molecular weight excluding hydrogens is 315 g/mol. The summed E-state index contributed by atoms with van der Waals surface area (Å²) in [6.07, 6.45) is -2.66. The number of carbonyl (C=O) groups is 1. The summed E-state index contributed by atoms with van der Waals surface area (Å²) in [5.41, 5.74) is -2.39. The molecule has 0 bridgehead atoms. The molecular formula is C12H14F3N7O. The van der Waals surface area contributed by atoms with Crippen LogP contribution in [-0.4, -0.2) is 55.9 Å². The number of likely N-dealkylation sites (tertiary alicyclic amines) is 1. The molecule has 23 heavy (non-hydrogen) atoms. The number of halogens is 3. The smallest absolute Gasteiger partial charge is 0.335 e. The van der Waals surface area contributed by atoms with Crippen molar-refractivity contribution >= 4 is 5.91 Å². The van der Waals surface area contributed by atoms with Gasteiger partial charge in [0.1, 0.15) is 0 Å². The summed E-state index contributed by atoms with van der Waals surface area (Å²) in [7, 11) is 0. The quantitative estimate of drug-likeness (QED) is 0.906. The zero-order valence-corrected chi connectivity index (χ0v) is 12.0. The minimum Gasteiger partial charge on any atom is -0.335 e. The van der Waals surface area contributed by atoms with Gasteiger partial charge in [-0.05, 0) is 25.7 Å². The van der Waals surface area contributed by atoms with Crippen LogP contribution in [0, 0.1) is 5.92 Å². The number of tetrazole rings is 1. The maximum Gasteiger partial charge on any atom is 0.439 e. The standard InChI is InChI=1S/C12H14F3N7O/c13-12(14,15)11(18-19-11)8-2-1-3-22(8)10(23)7-4-6(5-7)9-16-20-21-17-9/h6-8H,1-5H2,(H,16,17,20,21). The second-order valence-corrected chi connectivity index (χ2v) is 6.25. The van der Waals surface area contributed by atoms with Crippen molar-refractivity contribution in [1.82, 2.24) is 25.5 Å². The van der Waals surface area contributed by atoms with E-state index in [4.69, 9.17) is 0 Å². The van der Waals surface area contributed by atoms with Crippen LogP contribution in [0.1, 0.15) is 37.4 Å². The van der Waals surface area contributed by atoms with Crippen LogP contribution in [-0.2, 0) is 4.79 Å². The van der Waals surface area contributed by atoms with Crippen LogP contribution in [0.5, 0.6) is 0 Å². The molecule has 8 nitrogen and oxygen atoms in total. The molecule has 0 spiro atoms. The predicted octanol–water partition coefficient (Wildman–Crippen LogP) is 1.41. The van der Waals surface area contributed by atoms with Gasteiger partial charge < -0.3 is 4.90 Å².